The Balaban J connectivity index is 1.88. The van der Waals surface area contributed by atoms with Crippen LogP contribution in [-0.4, -0.2) is 41.7 Å². The molecule has 1 fully saturated rings. The van der Waals surface area contributed by atoms with Gasteiger partial charge in [-0.3, -0.25) is 9.48 Å². The SMILES string of the molecule is Cn1cc(/C=C/C(=O)N[C@@H]2CCS(=O)(=O)C2)cn1. The highest BCUT2D eigenvalue weighted by Crippen LogP contribution is 2.11. The maximum absolute atomic E-state index is 11.6. The van der Waals surface area contributed by atoms with Gasteiger partial charge in [0.1, 0.15) is 0 Å². The molecule has 0 radical (unpaired) electrons. The van der Waals surface area contributed by atoms with Crippen molar-refractivity contribution >= 4 is 21.8 Å². The number of rotatable bonds is 3. The number of nitrogens with one attached hydrogen (secondary N) is 1. The number of amides is 1. The van der Waals surface area contributed by atoms with E-state index in [-0.39, 0.29) is 23.5 Å². The van der Waals surface area contributed by atoms with Crippen molar-refractivity contribution in [3.8, 4) is 0 Å². The Morgan fingerprint density at radius 3 is 2.94 bits per heavy atom. The standard InChI is InChI=1S/C11H15N3O3S/c1-14-7-9(6-12-14)2-3-11(15)13-10-4-5-18(16,17)8-10/h2-3,6-7,10H,4-5,8H2,1H3,(H,13,15)/b3-2+/t10-/m1/s1. The highest BCUT2D eigenvalue weighted by molar-refractivity contribution is 7.91. The zero-order valence-corrected chi connectivity index (χ0v) is 10.9. The summed E-state index contributed by atoms with van der Waals surface area (Å²) in [7, 11) is -1.16. The molecule has 0 bridgehead atoms. The van der Waals surface area contributed by atoms with E-state index in [2.05, 4.69) is 10.4 Å². The van der Waals surface area contributed by atoms with Crippen LogP contribution in [-0.2, 0) is 21.7 Å². The Labute approximate surface area is 106 Å². The van der Waals surface area contributed by atoms with Gasteiger partial charge in [0.05, 0.1) is 17.7 Å². The van der Waals surface area contributed by atoms with Crippen molar-refractivity contribution in [1.82, 2.24) is 15.1 Å². The van der Waals surface area contributed by atoms with Gasteiger partial charge in [-0.25, -0.2) is 8.42 Å². The van der Waals surface area contributed by atoms with Gasteiger partial charge >= 0.3 is 0 Å². The van der Waals surface area contributed by atoms with Gasteiger partial charge in [-0.15, -0.1) is 0 Å². The summed E-state index contributed by atoms with van der Waals surface area (Å²) in [6.45, 7) is 0. The summed E-state index contributed by atoms with van der Waals surface area (Å²) in [5.41, 5.74) is 0.826. The molecule has 98 valence electrons. The molecule has 7 heteroatoms. The molecule has 1 aliphatic rings. The van der Waals surface area contributed by atoms with E-state index < -0.39 is 9.84 Å². The lowest BCUT2D eigenvalue weighted by molar-refractivity contribution is -0.116. The molecule has 1 amide bonds. The number of carbonyl (C=O) groups excluding carboxylic acids is 1. The minimum absolute atomic E-state index is 0.0411. The van der Waals surface area contributed by atoms with Crippen LogP contribution in [0.1, 0.15) is 12.0 Å². The topological polar surface area (TPSA) is 81.1 Å². The van der Waals surface area contributed by atoms with Crippen LogP contribution in [0.2, 0.25) is 0 Å². The second-order valence-corrected chi connectivity index (χ2v) is 6.62. The quantitative estimate of drug-likeness (QED) is 0.766. The van der Waals surface area contributed by atoms with Crippen LogP contribution in [0.15, 0.2) is 18.5 Å². The molecule has 1 aromatic rings. The normalized spacial score (nSPS) is 22.4. The van der Waals surface area contributed by atoms with E-state index in [1.807, 2.05) is 0 Å². The van der Waals surface area contributed by atoms with Gasteiger partial charge in [-0.1, -0.05) is 0 Å². The molecule has 18 heavy (non-hydrogen) atoms. The molecule has 2 heterocycles. The summed E-state index contributed by atoms with van der Waals surface area (Å²) in [5.74, 6) is -0.0787. The van der Waals surface area contributed by atoms with E-state index in [0.29, 0.717) is 6.42 Å². The van der Waals surface area contributed by atoms with E-state index in [1.165, 1.54) is 6.08 Å². The summed E-state index contributed by atoms with van der Waals surface area (Å²) in [6, 6.07) is -0.263. The molecule has 0 spiro atoms. The molecule has 1 N–H and O–H groups in total. The van der Waals surface area contributed by atoms with E-state index in [0.717, 1.165) is 5.56 Å². The van der Waals surface area contributed by atoms with E-state index >= 15 is 0 Å². The molecule has 1 aliphatic heterocycles. The van der Waals surface area contributed by atoms with Crippen LogP contribution in [0.4, 0.5) is 0 Å². The first-order valence-corrected chi connectivity index (χ1v) is 7.44. The lowest BCUT2D eigenvalue weighted by Crippen LogP contribution is -2.34. The number of hydrogen-bond acceptors (Lipinski definition) is 4. The summed E-state index contributed by atoms with van der Waals surface area (Å²) in [4.78, 5) is 11.6. The zero-order valence-electron chi connectivity index (χ0n) is 10.0. The van der Waals surface area contributed by atoms with Crippen molar-refractivity contribution in [3.63, 3.8) is 0 Å². The predicted octanol–water partition coefficient (Wildman–Crippen LogP) is -0.263. The highest BCUT2D eigenvalue weighted by atomic mass is 32.2. The fourth-order valence-corrected chi connectivity index (χ4v) is 3.53. The molecule has 0 unspecified atom stereocenters. The van der Waals surface area contributed by atoms with Gasteiger partial charge < -0.3 is 5.32 Å². The summed E-state index contributed by atoms with van der Waals surface area (Å²) >= 11 is 0. The van der Waals surface area contributed by atoms with E-state index in [4.69, 9.17) is 0 Å². The summed E-state index contributed by atoms with van der Waals surface area (Å²) < 4.78 is 24.1. The first-order valence-electron chi connectivity index (χ1n) is 5.62. The first kappa shape index (κ1) is 12.8. The Kier molecular flexibility index (Phi) is 3.51. The largest absolute Gasteiger partial charge is 0.349 e. The second kappa shape index (κ2) is 4.93. The van der Waals surface area contributed by atoms with Crippen LogP contribution in [0.3, 0.4) is 0 Å². The van der Waals surface area contributed by atoms with Gasteiger partial charge in [0.25, 0.3) is 0 Å². The molecule has 1 atom stereocenters. The molecule has 1 saturated heterocycles. The third kappa shape index (κ3) is 3.43. The van der Waals surface area contributed by atoms with Gasteiger partial charge in [-0.2, -0.15) is 5.10 Å². The third-order valence-corrected chi connectivity index (χ3v) is 4.50. The van der Waals surface area contributed by atoms with Gasteiger partial charge in [-0.05, 0) is 12.5 Å². The van der Waals surface area contributed by atoms with Crippen LogP contribution in [0.5, 0.6) is 0 Å². The minimum Gasteiger partial charge on any atom is -0.349 e. The number of aryl methyl sites for hydroxylation is 1. The van der Waals surface area contributed by atoms with E-state index in [1.54, 1.807) is 30.2 Å². The van der Waals surface area contributed by atoms with Crippen molar-refractivity contribution in [2.75, 3.05) is 11.5 Å². The Morgan fingerprint density at radius 1 is 1.61 bits per heavy atom. The first-order chi connectivity index (χ1) is 8.44. The lowest BCUT2D eigenvalue weighted by atomic mass is 10.2. The van der Waals surface area contributed by atoms with Crippen molar-refractivity contribution in [3.05, 3.63) is 24.0 Å². The smallest absolute Gasteiger partial charge is 0.244 e. The number of nitrogens with zero attached hydrogens (tertiary/aromatic N) is 2. The Bertz CT molecular complexity index is 574. The number of sulfone groups is 1. The summed E-state index contributed by atoms with van der Waals surface area (Å²) in [5, 5.41) is 6.65. The van der Waals surface area contributed by atoms with Crippen molar-refractivity contribution in [2.45, 2.75) is 12.5 Å². The molecule has 1 aromatic heterocycles. The van der Waals surface area contributed by atoms with Crippen molar-refractivity contribution in [2.24, 2.45) is 7.05 Å². The molecule has 0 aromatic carbocycles. The van der Waals surface area contributed by atoms with Crippen LogP contribution in [0.25, 0.3) is 6.08 Å². The predicted molar refractivity (Wildman–Crippen MR) is 67.4 cm³/mol. The Morgan fingerprint density at radius 2 is 2.39 bits per heavy atom. The molecular weight excluding hydrogens is 254 g/mol. The minimum atomic E-state index is -2.96. The molecular formula is C11H15N3O3S. The average molecular weight is 269 g/mol. The van der Waals surface area contributed by atoms with Gasteiger partial charge in [0, 0.05) is 30.9 Å². The van der Waals surface area contributed by atoms with Crippen LogP contribution >= 0.6 is 0 Å². The molecule has 0 saturated carbocycles. The van der Waals surface area contributed by atoms with Crippen LogP contribution < -0.4 is 5.32 Å². The molecule has 2 rings (SSSR count). The van der Waals surface area contributed by atoms with E-state index in [9.17, 15) is 13.2 Å². The van der Waals surface area contributed by atoms with Crippen molar-refractivity contribution < 1.29 is 13.2 Å². The number of hydrogen-bond donors (Lipinski definition) is 1. The fourth-order valence-electron chi connectivity index (χ4n) is 1.86. The number of carbonyl (C=O) groups is 1. The van der Waals surface area contributed by atoms with Crippen molar-refractivity contribution in [1.29, 1.82) is 0 Å². The second-order valence-electron chi connectivity index (χ2n) is 4.39. The third-order valence-electron chi connectivity index (χ3n) is 2.73. The van der Waals surface area contributed by atoms with Crippen LogP contribution in [0, 0.1) is 0 Å². The highest BCUT2D eigenvalue weighted by Gasteiger charge is 2.28. The molecule has 6 nitrogen and oxygen atoms in total. The summed E-state index contributed by atoms with van der Waals surface area (Å²) in [6.07, 6.45) is 6.95. The Hall–Kier alpha value is -1.63. The fraction of sp³-hybridized carbons (Fsp3) is 0.455. The maximum Gasteiger partial charge on any atom is 0.244 e. The monoisotopic (exact) mass is 269 g/mol. The average Bonchev–Trinajstić information content (AvgIpc) is 2.82. The zero-order chi connectivity index (χ0) is 13.2. The van der Waals surface area contributed by atoms with Gasteiger partial charge in [0.2, 0.25) is 5.91 Å². The number of aromatic nitrogens is 2. The van der Waals surface area contributed by atoms with Gasteiger partial charge in [0.15, 0.2) is 9.84 Å². The lowest BCUT2D eigenvalue weighted by Gasteiger charge is -2.07. The maximum atomic E-state index is 11.6. The molecule has 0 aliphatic carbocycles.